The molecule has 7 nitrogen and oxygen atoms in total. The molecule has 0 radical (unpaired) electrons. The molecule has 2 bridgehead atoms. The molecule has 138 valence electrons. The van der Waals surface area contributed by atoms with Gasteiger partial charge in [0.1, 0.15) is 6.10 Å². The van der Waals surface area contributed by atoms with Crippen LogP contribution in [0.25, 0.3) is 0 Å². The molecule has 2 N–H and O–H groups in total. The Hall–Kier alpha value is -2.82. The maximum atomic E-state index is 10.3. The van der Waals surface area contributed by atoms with Gasteiger partial charge in [0, 0.05) is 18.3 Å². The number of nitriles is 3. The molecule has 27 heavy (non-hydrogen) atoms. The van der Waals surface area contributed by atoms with Crippen molar-refractivity contribution >= 4 is 5.90 Å². The van der Waals surface area contributed by atoms with Crippen molar-refractivity contribution in [1.82, 2.24) is 4.98 Å². The third-order valence-electron chi connectivity index (χ3n) is 6.62. The summed E-state index contributed by atoms with van der Waals surface area (Å²) in [5, 5.41) is 39.1. The monoisotopic (exact) mass is 363 g/mol. The van der Waals surface area contributed by atoms with Crippen LogP contribution < -0.4 is 0 Å². The lowest BCUT2D eigenvalue weighted by atomic mass is 9.51. The highest BCUT2D eigenvalue weighted by Crippen LogP contribution is 2.70. The fraction of sp³-hybridized carbons (Fsp3) is 0.600. The summed E-state index contributed by atoms with van der Waals surface area (Å²) in [7, 11) is 0. The fourth-order valence-corrected chi connectivity index (χ4v) is 5.37. The Bertz CT molecular complexity index is 875. The number of nitrogens with zero attached hydrogens (tertiary/aromatic N) is 3. The molecule has 1 aromatic rings. The highest BCUT2D eigenvalue weighted by atomic mass is 16.7. The van der Waals surface area contributed by atoms with Gasteiger partial charge in [-0.3, -0.25) is 5.41 Å². The van der Waals surface area contributed by atoms with Gasteiger partial charge in [0.25, 0.3) is 0 Å². The zero-order valence-corrected chi connectivity index (χ0v) is 15.2. The zero-order chi connectivity index (χ0) is 19.3. The van der Waals surface area contributed by atoms with Gasteiger partial charge >= 0.3 is 0 Å². The molecule has 7 heteroatoms. The Balaban J connectivity index is 1.92. The van der Waals surface area contributed by atoms with E-state index in [2.05, 4.69) is 30.1 Å². The number of nitrogens with one attached hydrogen (secondary N) is 2. The molecular weight excluding hydrogens is 342 g/mol. The first kappa shape index (κ1) is 17.6. The second-order valence-corrected chi connectivity index (χ2v) is 7.80. The van der Waals surface area contributed by atoms with E-state index in [1.165, 1.54) is 0 Å². The van der Waals surface area contributed by atoms with Crippen LogP contribution in [0.2, 0.25) is 0 Å². The van der Waals surface area contributed by atoms with E-state index in [1.807, 2.05) is 0 Å². The standard InChI is InChI=1S/C20H21N5O2/c1-2-4-13-6-7-20-15(9-13)19(12-23,17(24)27-20)18(10-21,11-22)16(26-20)14-5-3-8-25-14/h3,5,8,13,15-16,24-25H,2,4,6-7,9H2,1H3. The van der Waals surface area contributed by atoms with Gasteiger partial charge in [0.2, 0.25) is 17.1 Å². The van der Waals surface area contributed by atoms with E-state index in [4.69, 9.17) is 14.9 Å². The molecule has 0 amide bonds. The predicted octanol–water partition coefficient (Wildman–Crippen LogP) is 3.55. The highest BCUT2D eigenvalue weighted by Gasteiger charge is 2.81. The lowest BCUT2D eigenvalue weighted by molar-refractivity contribution is -0.299. The quantitative estimate of drug-likeness (QED) is 0.848. The summed E-state index contributed by atoms with van der Waals surface area (Å²) in [5.74, 6) is -1.55. The van der Waals surface area contributed by atoms with Crippen molar-refractivity contribution in [2.45, 2.75) is 50.9 Å². The SMILES string of the molecule is CCCC1CCC23OC(=N)C(C#N)(C2C1)C(C#N)(C#N)C(c1ccc[nH]1)O3. The molecular formula is C20H21N5O2. The van der Waals surface area contributed by atoms with Gasteiger partial charge in [0.05, 0.1) is 24.1 Å². The summed E-state index contributed by atoms with van der Waals surface area (Å²) in [6.07, 6.45) is 4.79. The second kappa shape index (κ2) is 5.84. The summed E-state index contributed by atoms with van der Waals surface area (Å²) >= 11 is 0. The average Bonchev–Trinajstić information content (AvgIpc) is 3.27. The van der Waals surface area contributed by atoms with Gasteiger partial charge in [-0.2, -0.15) is 15.8 Å². The normalized spacial score (nSPS) is 38.7. The van der Waals surface area contributed by atoms with Crippen LogP contribution in [0, 0.1) is 62.1 Å². The Morgan fingerprint density at radius 1 is 1.30 bits per heavy atom. The van der Waals surface area contributed by atoms with Gasteiger partial charge in [0.15, 0.2) is 5.41 Å². The van der Waals surface area contributed by atoms with E-state index in [1.54, 1.807) is 18.3 Å². The van der Waals surface area contributed by atoms with Crippen molar-refractivity contribution < 1.29 is 9.47 Å². The second-order valence-electron chi connectivity index (χ2n) is 7.80. The largest absolute Gasteiger partial charge is 0.447 e. The van der Waals surface area contributed by atoms with Gasteiger partial charge < -0.3 is 14.5 Å². The third kappa shape index (κ3) is 1.94. The lowest BCUT2D eigenvalue weighted by Crippen LogP contribution is -2.61. The van der Waals surface area contributed by atoms with Crippen LogP contribution in [-0.4, -0.2) is 16.7 Å². The van der Waals surface area contributed by atoms with E-state index in [9.17, 15) is 15.8 Å². The maximum absolute atomic E-state index is 10.3. The van der Waals surface area contributed by atoms with Gasteiger partial charge in [-0.15, -0.1) is 0 Å². The number of H-pyrrole nitrogens is 1. The Labute approximate surface area is 158 Å². The van der Waals surface area contributed by atoms with Crippen LogP contribution >= 0.6 is 0 Å². The summed E-state index contributed by atoms with van der Waals surface area (Å²) in [5.41, 5.74) is -2.95. The molecule has 0 aromatic carbocycles. The van der Waals surface area contributed by atoms with Crippen LogP contribution in [-0.2, 0) is 9.47 Å². The molecule has 4 rings (SSSR count). The molecule has 0 spiro atoms. The number of ether oxygens (including phenoxy) is 2. The van der Waals surface area contributed by atoms with Crippen molar-refractivity contribution in [3.05, 3.63) is 24.0 Å². The lowest BCUT2D eigenvalue weighted by Gasteiger charge is -2.52. The van der Waals surface area contributed by atoms with E-state index < -0.39 is 28.6 Å². The maximum Gasteiger partial charge on any atom is 0.217 e. The summed E-state index contributed by atoms with van der Waals surface area (Å²) < 4.78 is 12.3. The molecule has 1 aliphatic carbocycles. The molecule has 2 saturated heterocycles. The smallest absolute Gasteiger partial charge is 0.217 e. The van der Waals surface area contributed by atoms with Crippen LogP contribution in [0.1, 0.15) is 50.8 Å². The van der Waals surface area contributed by atoms with Crippen molar-refractivity contribution in [2.75, 3.05) is 0 Å². The van der Waals surface area contributed by atoms with Crippen LogP contribution in [0.4, 0.5) is 0 Å². The van der Waals surface area contributed by atoms with Crippen molar-refractivity contribution in [3.63, 3.8) is 0 Å². The first-order valence-electron chi connectivity index (χ1n) is 9.36. The van der Waals surface area contributed by atoms with Crippen molar-refractivity contribution in [3.8, 4) is 18.2 Å². The predicted molar refractivity (Wildman–Crippen MR) is 93.6 cm³/mol. The van der Waals surface area contributed by atoms with Crippen LogP contribution in [0.3, 0.4) is 0 Å². The van der Waals surface area contributed by atoms with Crippen LogP contribution in [0.15, 0.2) is 18.3 Å². The molecule has 1 aromatic heterocycles. The highest BCUT2D eigenvalue weighted by molar-refractivity contribution is 5.89. The summed E-state index contributed by atoms with van der Waals surface area (Å²) in [4.78, 5) is 3.01. The van der Waals surface area contributed by atoms with Gasteiger partial charge in [-0.1, -0.05) is 19.8 Å². The zero-order valence-electron chi connectivity index (χ0n) is 15.2. The molecule has 1 saturated carbocycles. The van der Waals surface area contributed by atoms with E-state index in [0.717, 1.165) is 19.3 Å². The molecule has 3 aliphatic rings. The minimum atomic E-state index is -1.86. The average molecular weight is 363 g/mol. The molecule has 3 heterocycles. The van der Waals surface area contributed by atoms with E-state index >= 15 is 0 Å². The summed E-state index contributed by atoms with van der Waals surface area (Å²) in [6.45, 7) is 2.12. The topological polar surface area (TPSA) is 129 Å². The number of aromatic amines is 1. The van der Waals surface area contributed by atoms with Crippen molar-refractivity contribution in [2.24, 2.45) is 22.7 Å². The molecule has 5 unspecified atom stereocenters. The fourth-order valence-electron chi connectivity index (χ4n) is 5.37. The number of rotatable bonds is 3. The number of aromatic nitrogens is 1. The minimum Gasteiger partial charge on any atom is -0.447 e. The first-order chi connectivity index (χ1) is 13.0. The van der Waals surface area contributed by atoms with E-state index in [-0.39, 0.29) is 5.90 Å². The minimum absolute atomic E-state index is 0.302. The van der Waals surface area contributed by atoms with Crippen molar-refractivity contribution in [1.29, 1.82) is 21.2 Å². The Morgan fingerprint density at radius 2 is 2.07 bits per heavy atom. The number of hydrogen-bond acceptors (Lipinski definition) is 6. The first-order valence-corrected chi connectivity index (χ1v) is 9.36. The molecule has 2 aliphatic heterocycles. The summed E-state index contributed by atoms with van der Waals surface area (Å²) in [6, 6.07) is 9.87. The molecule has 3 fully saturated rings. The van der Waals surface area contributed by atoms with Crippen LogP contribution in [0.5, 0.6) is 0 Å². The number of hydrogen-bond donors (Lipinski definition) is 2. The Morgan fingerprint density at radius 3 is 2.67 bits per heavy atom. The Kier molecular flexibility index (Phi) is 3.81. The van der Waals surface area contributed by atoms with Gasteiger partial charge in [-0.05, 0) is 30.9 Å². The third-order valence-corrected chi connectivity index (χ3v) is 6.62. The van der Waals surface area contributed by atoms with Gasteiger partial charge in [-0.25, -0.2) is 0 Å². The molecule has 5 atom stereocenters. The van der Waals surface area contributed by atoms with E-state index in [0.29, 0.717) is 24.5 Å².